The minimum atomic E-state index is -0.179. The second kappa shape index (κ2) is 3.71. The normalized spacial score (nSPS) is 18.8. The number of alkyl halides is 1. The second-order valence-corrected chi connectivity index (χ2v) is 2.70. The van der Waals surface area contributed by atoms with Gasteiger partial charge in [-0.3, -0.25) is 9.29 Å². The summed E-state index contributed by atoms with van der Waals surface area (Å²) in [6.07, 6.45) is 2.84. The topological polar surface area (TPSA) is 3.24 Å². The summed E-state index contributed by atoms with van der Waals surface area (Å²) >= 11 is 0. The van der Waals surface area contributed by atoms with E-state index in [2.05, 4.69) is 17.9 Å². The smallest absolute Gasteiger partial charge is 0.0906 e. The molecule has 1 saturated heterocycles. The molecule has 0 N–H and O–H groups in total. The van der Waals surface area contributed by atoms with Gasteiger partial charge >= 0.3 is 0 Å². The van der Waals surface area contributed by atoms with Gasteiger partial charge in [-0.25, -0.2) is 0 Å². The van der Waals surface area contributed by atoms with E-state index < -0.39 is 0 Å². The Labute approximate surface area is 61.5 Å². The molecule has 58 valence electrons. The molecule has 0 amide bonds. The highest BCUT2D eigenvalue weighted by Crippen LogP contribution is 2.13. The van der Waals surface area contributed by atoms with E-state index >= 15 is 0 Å². The van der Waals surface area contributed by atoms with Crippen molar-refractivity contribution < 1.29 is 4.39 Å². The van der Waals surface area contributed by atoms with Gasteiger partial charge in [-0.1, -0.05) is 6.08 Å². The highest BCUT2D eigenvalue weighted by atomic mass is 19.1. The van der Waals surface area contributed by atoms with E-state index in [1.807, 2.05) is 0 Å². The van der Waals surface area contributed by atoms with E-state index in [0.717, 1.165) is 19.6 Å². The summed E-state index contributed by atoms with van der Waals surface area (Å²) in [5.41, 5.74) is 1.49. The minimum absolute atomic E-state index is 0.179. The van der Waals surface area contributed by atoms with Gasteiger partial charge in [0, 0.05) is 19.6 Å². The number of halogens is 1. The highest BCUT2D eigenvalue weighted by Gasteiger charge is 2.17. The van der Waals surface area contributed by atoms with Crippen molar-refractivity contribution >= 4 is 0 Å². The van der Waals surface area contributed by atoms with Crippen molar-refractivity contribution in [2.45, 2.75) is 13.3 Å². The molecule has 1 aliphatic heterocycles. The fraction of sp³-hybridized carbons (Fsp3) is 0.750. The van der Waals surface area contributed by atoms with Crippen molar-refractivity contribution in [1.82, 2.24) is 4.90 Å². The van der Waals surface area contributed by atoms with Crippen molar-refractivity contribution in [2.24, 2.45) is 0 Å². The Morgan fingerprint density at radius 2 is 2.30 bits per heavy atom. The van der Waals surface area contributed by atoms with Crippen molar-refractivity contribution in [3.8, 4) is 0 Å². The maximum atomic E-state index is 11.7. The average Bonchev–Trinajstić information content (AvgIpc) is 1.86. The molecule has 0 unspecified atom stereocenters. The molecule has 1 aliphatic rings. The maximum Gasteiger partial charge on any atom is 0.0906 e. The molecule has 0 bridgehead atoms. The molecule has 2 heteroatoms. The minimum Gasteiger partial charge on any atom is -0.295 e. The molecular formula is C8H14FN. The monoisotopic (exact) mass is 143 g/mol. The summed E-state index contributed by atoms with van der Waals surface area (Å²) in [5.74, 6) is 0. The van der Waals surface area contributed by atoms with Crippen LogP contribution in [0.3, 0.4) is 0 Å². The number of hydrogen-bond acceptors (Lipinski definition) is 1. The van der Waals surface area contributed by atoms with Crippen LogP contribution in [0.1, 0.15) is 13.3 Å². The Kier molecular flexibility index (Phi) is 2.87. The summed E-state index contributed by atoms with van der Waals surface area (Å²) in [4.78, 5) is 2.26. The van der Waals surface area contributed by atoms with Crippen LogP contribution in [0.4, 0.5) is 4.39 Å². The standard InChI is InChI=1S/C8H14FN/c1-2-8-6-10(7-8)5-3-4-9/h2H,3-7H2,1H3. The van der Waals surface area contributed by atoms with Crippen LogP contribution in [0.15, 0.2) is 11.6 Å². The van der Waals surface area contributed by atoms with Gasteiger partial charge < -0.3 is 0 Å². The molecule has 10 heavy (non-hydrogen) atoms. The summed E-state index contributed by atoms with van der Waals surface area (Å²) in [5, 5.41) is 0. The summed E-state index contributed by atoms with van der Waals surface area (Å²) in [6.45, 7) is 4.93. The Morgan fingerprint density at radius 1 is 1.60 bits per heavy atom. The first kappa shape index (κ1) is 7.73. The zero-order valence-corrected chi connectivity index (χ0v) is 6.44. The quantitative estimate of drug-likeness (QED) is 0.542. The van der Waals surface area contributed by atoms with Crippen LogP contribution in [-0.4, -0.2) is 31.2 Å². The van der Waals surface area contributed by atoms with Crippen molar-refractivity contribution in [3.63, 3.8) is 0 Å². The Hall–Kier alpha value is -0.370. The summed E-state index contributed by atoms with van der Waals surface area (Å²) in [6, 6.07) is 0. The fourth-order valence-corrected chi connectivity index (χ4v) is 1.15. The summed E-state index contributed by atoms with van der Waals surface area (Å²) < 4.78 is 11.7. The van der Waals surface area contributed by atoms with Crippen LogP contribution in [0.25, 0.3) is 0 Å². The first-order chi connectivity index (χ1) is 4.86. The van der Waals surface area contributed by atoms with Gasteiger partial charge in [-0.05, 0) is 18.9 Å². The van der Waals surface area contributed by atoms with E-state index in [-0.39, 0.29) is 6.67 Å². The van der Waals surface area contributed by atoms with Crippen LogP contribution in [-0.2, 0) is 0 Å². The predicted octanol–water partition coefficient (Wildman–Crippen LogP) is 1.61. The molecule has 1 rings (SSSR count). The van der Waals surface area contributed by atoms with Gasteiger partial charge in [0.2, 0.25) is 0 Å². The zero-order chi connectivity index (χ0) is 7.40. The van der Waals surface area contributed by atoms with Gasteiger partial charge in [0.25, 0.3) is 0 Å². The molecular weight excluding hydrogens is 129 g/mol. The molecule has 0 aromatic heterocycles. The lowest BCUT2D eigenvalue weighted by atomic mass is 10.1. The number of nitrogens with zero attached hydrogens (tertiary/aromatic N) is 1. The van der Waals surface area contributed by atoms with Crippen molar-refractivity contribution in [3.05, 3.63) is 11.6 Å². The molecule has 0 radical (unpaired) electrons. The Morgan fingerprint density at radius 3 is 2.80 bits per heavy atom. The van der Waals surface area contributed by atoms with Gasteiger partial charge in [0.15, 0.2) is 0 Å². The lowest BCUT2D eigenvalue weighted by Crippen LogP contribution is -2.40. The Bertz CT molecular complexity index is 123. The molecule has 1 fully saturated rings. The fourth-order valence-electron chi connectivity index (χ4n) is 1.15. The van der Waals surface area contributed by atoms with Gasteiger partial charge in [-0.2, -0.15) is 0 Å². The zero-order valence-electron chi connectivity index (χ0n) is 6.44. The van der Waals surface area contributed by atoms with E-state index in [9.17, 15) is 4.39 Å². The second-order valence-electron chi connectivity index (χ2n) is 2.70. The van der Waals surface area contributed by atoms with E-state index in [1.54, 1.807) is 0 Å². The number of rotatable bonds is 3. The molecule has 0 aromatic rings. The molecule has 0 spiro atoms. The van der Waals surface area contributed by atoms with Crippen LogP contribution < -0.4 is 0 Å². The van der Waals surface area contributed by atoms with Crippen LogP contribution in [0, 0.1) is 0 Å². The van der Waals surface area contributed by atoms with E-state index in [1.165, 1.54) is 5.57 Å². The lowest BCUT2D eigenvalue weighted by Gasteiger charge is -2.33. The average molecular weight is 143 g/mol. The van der Waals surface area contributed by atoms with Crippen molar-refractivity contribution in [2.75, 3.05) is 26.3 Å². The first-order valence-corrected chi connectivity index (χ1v) is 3.79. The van der Waals surface area contributed by atoms with Crippen molar-refractivity contribution in [1.29, 1.82) is 0 Å². The molecule has 0 saturated carbocycles. The molecule has 1 nitrogen and oxygen atoms in total. The highest BCUT2D eigenvalue weighted by molar-refractivity contribution is 5.13. The maximum absolute atomic E-state index is 11.7. The lowest BCUT2D eigenvalue weighted by molar-refractivity contribution is 0.237. The van der Waals surface area contributed by atoms with Crippen LogP contribution in [0.5, 0.6) is 0 Å². The van der Waals surface area contributed by atoms with Gasteiger partial charge in [0.1, 0.15) is 0 Å². The third-order valence-corrected chi connectivity index (χ3v) is 1.87. The van der Waals surface area contributed by atoms with E-state index in [0.29, 0.717) is 6.42 Å². The van der Waals surface area contributed by atoms with Crippen LogP contribution in [0.2, 0.25) is 0 Å². The number of hydrogen-bond donors (Lipinski definition) is 0. The molecule has 0 atom stereocenters. The van der Waals surface area contributed by atoms with Crippen LogP contribution >= 0.6 is 0 Å². The predicted molar refractivity (Wildman–Crippen MR) is 40.8 cm³/mol. The number of likely N-dealkylation sites (tertiary alicyclic amines) is 1. The SMILES string of the molecule is CC=C1CN(CCCF)C1. The molecule has 1 heterocycles. The third-order valence-electron chi connectivity index (χ3n) is 1.87. The third kappa shape index (κ3) is 1.81. The van der Waals surface area contributed by atoms with Gasteiger partial charge in [0.05, 0.1) is 6.67 Å². The molecule has 0 aliphatic carbocycles. The number of allylic oxidation sites excluding steroid dienone is 1. The Balaban J connectivity index is 2.03. The largest absolute Gasteiger partial charge is 0.295 e. The molecule has 0 aromatic carbocycles. The first-order valence-electron chi connectivity index (χ1n) is 3.79. The van der Waals surface area contributed by atoms with E-state index in [4.69, 9.17) is 0 Å². The summed E-state index contributed by atoms with van der Waals surface area (Å²) in [7, 11) is 0. The van der Waals surface area contributed by atoms with Gasteiger partial charge in [-0.15, -0.1) is 0 Å².